The highest BCUT2D eigenvalue weighted by molar-refractivity contribution is 7.47. The van der Waals surface area contributed by atoms with Crippen molar-refractivity contribution in [1.29, 1.82) is 0 Å². The first-order valence-electron chi connectivity index (χ1n) is 40.4. The quantitative estimate of drug-likeness (QED) is 0.0146. The Balaban J connectivity index is 4.52. The van der Waals surface area contributed by atoms with Crippen LogP contribution in [0.25, 0.3) is 0 Å². The third-order valence-electron chi connectivity index (χ3n) is 16.4. The van der Waals surface area contributed by atoms with Crippen molar-refractivity contribution >= 4 is 33.6 Å². The summed E-state index contributed by atoms with van der Waals surface area (Å²) in [6, 6.07) is 0. The summed E-state index contributed by atoms with van der Waals surface area (Å²) in [5, 5.41) is 20.6. The number of esters is 3. The number of unbranched alkanes of at least 4 members (excludes halogenated alkanes) is 24. The average Bonchev–Trinajstić information content (AvgIpc) is 0.940. The number of aliphatic hydroxyl groups excluding tert-OH is 2. The number of carbonyl (C=O) groups excluding carboxylic acids is 3. The number of phosphoric ester groups is 2. The summed E-state index contributed by atoms with van der Waals surface area (Å²) < 4.78 is 61.1. The van der Waals surface area contributed by atoms with Gasteiger partial charge in [-0.25, -0.2) is 9.13 Å². The zero-order valence-electron chi connectivity index (χ0n) is 65.3. The molecule has 0 bridgehead atoms. The lowest BCUT2D eigenvalue weighted by atomic mass is 10.0. The minimum absolute atomic E-state index is 0.0738. The molecule has 0 amide bonds. The Morgan fingerprint density at radius 2 is 0.505 bits per heavy atom. The Bertz CT molecular complexity index is 2590. The van der Waals surface area contributed by atoms with Gasteiger partial charge in [-0.3, -0.25) is 32.5 Å². The van der Waals surface area contributed by atoms with E-state index in [0.29, 0.717) is 19.3 Å². The van der Waals surface area contributed by atoms with E-state index in [1.54, 1.807) is 0 Å². The molecule has 0 aliphatic rings. The van der Waals surface area contributed by atoms with E-state index in [0.717, 1.165) is 161 Å². The van der Waals surface area contributed by atoms with Crippen LogP contribution in [0.3, 0.4) is 0 Å². The van der Waals surface area contributed by atoms with E-state index in [-0.39, 0.29) is 19.3 Å². The third-order valence-corrected chi connectivity index (χ3v) is 18.3. The lowest BCUT2D eigenvalue weighted by Gasteiger charge is -2.21. The predicted molar refractivity (Wildman–Crippen MR) is 435 cm³/mol. The lowest BCUT2D eigenvalue weighted by molar-refractivity contribution is -0.161. The summed E-state index contributed by atoms with van der Waals surface area (Å²) in [6.07, 6.45) is 99.8. The molecule has 0 aromatic heterocycles. The summed E-state index contributed by atoms with van der Waals surface area (Å²) in [5.41, 5.74) is 0. The minimum Gasteiger partial charge on any atom is -0.463 e. The van der Waals surface area contributed by atoms with Crippen LogP contribution in [-0.4, -0.2) is 95.9 Å². The number of carbonyl (C=O) groups is 3. The van der Waals surface area contributed by atoms with E-state index in [4.69, 9.17) is 32.3 Å². The van der Waals surface area contributed by atoms with Crippen LogP contribution in [0.2, 0.25) is 0 Å². The monoisotopic (exact) mass is 1510 g/mol. The Morgan fingerprint density at radius 1 is 0.276 bits per heavy atom. The van der Waals surface area contributed by atoms with Crippen LogP contribution >= 0.6 is 15.6 Å². The zero-order chi connectivity index (χ0) is 76.6. The Morgan fingerprint density at radius 3 is 0.819 bits per heavy atom. The number of hydrogen-bond donors (Lipinski definition) is 4. The van der Waals surface area contributed by atoms with Gasteiger partial charge in [0.1, 0.15) is 25.4 Å². The summed E-state index contributed by atoms with van der Waals surface area (Å²) >= 11 is 0. The predicted octanol–water partition coefficient (Wildman–Crippen LogP) is 24.0. The summed E-state index contributed by atoms with van der Waals surface area (Å²) in [5.74, 6) is -1.65. The molecule has 16 nitrogen and oxygen atoms in total. The number of allylic oxidation sites excluding steroid dienone is 28. The van der Waals surface area contributed by atoms with Crippen LogP contribution in [0.1, 0.15) is 303 Å². The summed E-state index contributed by atoms with van der Waals surface area (Å²) in [7, 11) is -9.82. The Kier molecular flexibility index (Phi) is 74.7. The van der Waals surface area contributed by atoms with Crippen LogP contribution in [0, 0.1) is 0 Å². The fraction of sp³-hybridized carbons (Fsp3) is 0.644. The molecular formula is C87H144O16P2. The number of ether oxygens (including phenoxy) is 3. The van der Waals surface area contributed by atoms with E-state index in [2.05, 4.69) is 191 Å². The van der Waals surface area contributed by atoms with E-state index >= 15 is 0 Å². The smallest absolute Gasteiger partial charge is 0.463 e. The second kappa shape index (κ2) is 78.5. The molecule has 598 valence electrons. The van der Waals surface area contributed by atoms with Crippen LogP contribution in [0.5, 0.6) is 0 Å². The Labute approximate surface area is 637 Å². The van der Waals surface area contributed by atoms with E-state index in [9.17, 15) is 43.5 Å². The zero-order valence-corrected chi connectivity index (χ0v) is 67.1. The topological polar surface area (TPSA) is 231 Å². The van der Waals surface area contributed by atoms with Crippen LogP contribution in [0.15, 0.2) is 170 Å². The normalized spacial score (nSPS) is 14.8. The molecule has 0 spiro atoms. The summed E-state index contributed by atoms with van der Waals surface area (Å²) in [4.78, 5) is 58.6. The van der Waals surface area contributed by atoms with Crippen molar-refractivity contribution in [1.82, 2.24) is 0 Å². The molecule has 0 saturated carbocycles. The lowest BCUT2D eigenvalue weighted by Crippen LogP contribution is -2.30. The van der Waals surface area contributed by atoms with Crippen LogP contribution in [0.4, 0.5) is 0 Å². The molecule has 105 heavy (non-hydrogen) atoms. The third kappa shape index (κ3) is 79.8. The van der Waals surface area contributed by atoms with Gasteiger partial charge in [0, 0.05) is 19.3 Å². The van der Waals surface area contributed by atoms with Gasteiger partial charge in [-0.15, -0.1) is 0 Å². The van der Waals surface area contributed by atoms with Crippen molar-refractivity contribution in [2.45, 2.75) is 322 Å². The maximum Gasteiger partial charge on any atom is 0.472 e. The van der Waals surface area contributed by atoms with Gasteiger partial charge in [-0.05, 0) is 154 Å². The SMILES string of the molecule is CC/C=C\C/C=C\C/C=C\C/C=C\C/C=C\C/C=C\CCCCCCCCCCCCCCCCC(=O)OCC(O)COP(=O)(O)OCC(O)COP(=O)(O)OCC(COC(=O)CCCC/C=C\C/C=C\C/C=C\C/C=C\C/C=C\C/C=C\CC)OC(=O)CCCCCCC/C=C\C/C=C\CCCCC. The molecule has 0 aliphatic carbocycles. The molecule has 0 saturated heterocycles. The highest BCUT2D eigenvalue weighted by Crippen LogP contribution is 2.45. The number of rotatable bonds is 75. The first-order valence-corrected chi connectivity index (χ1v) is 43.4. The number of hydrogen-bond acceptors (Lipinski definition) is 14. The maximum atomic E-state index is 13.0. The summed E-state index contributed by atoms with van der Waals surface area (Å²) in [6.45, 7) is 2.35. The molecule has 0 aromatic rings. The first-order chi connectivity index (χ1) is 51.2. The highest BCUT2D eigenvalue weighted by Gasteiger charge is 2.29. The van der Waals surface area contributed by atoms with Gasteiger partial charge in [-0.2, -0.15) is 0 Å². The van der Waals surface area contributed by atoms with Crippen molar-refractivity contribution in [3.8, 4) is 0 Å². The second-order valence-corrected chi connectivity index (χ2v) is 29.4. The molecule has 5 atom stereocenters. The standard InChI is InChI=1S/C87H144O16P2/c1-4-7-10-13-16-19-22-25-28-30-32-34-35-36-37-38-39-40-41-42-43-44-45-47-49-50-53-55-58-61-64-67-70-73-85(90)97-76-82(88)77-99-104(93,94)100-78-83(89)79-101-105(95,96)102-81-84(103-87(92)75-72-69-66-63-60-57-52-27-24-21-18-15-12-9-6-3)80-98-86(91)74-71-68-65-62-59-56-54-51-48-46-33-31-29-26-23-20-17-14-11-8-5-2/h7-8,10-11,16-21,25-29,32-34,36-37,39-40,46,51-52,54,59,62,82-84,88-89H,4-6,9,12-15,22-24,30-31,35,38,41-45,47-50,53,55-58,60-61,63-81H2,1-3H3,(H,93,94)(H,95,96)/b10-7-,11-8-,19-16-,20-17-,21-18-,28-25-,29-26-,34-32-,37-36-,40-39-,46-33-,52-27-,54-51-,62-59-. The molecule has 0 radical (unpaired) electrons. The minimum atomic E-state index is -4.95. The largest absolute Gasteiger partial charge is 0.472 e. The van der Waals surface area contributed by atoms with Gasteiger partial charge in [-0.1, -0.05) is 300 Å². The fourth-order valence-corrected chi connectivity index (χ4v) is 11.9. The van der Waals surface area contributed by atoms with Gasteiger partial charge in [0.25, 0.3) is 0 Å². The number of aliphatic hydroxyl groups is 2. The van der Waals surface area contributed by atoms with Crippen molar-refractivity contribution in [2.24, 2.45) is 0 Å². The van der Waals surface area contributed by atoms with Crippen LogP contribution < -0.4 is 0 Å². The van der Waals surface area contributed by atoms with Gasteiger partial charge in [0.15, 0.2) is 6.10 Å². The average molecular weight is 1510 g/mol. The molecule has 18 heteroatoms. The molecule has 0 aromatic carbocycles. The van der Waals surface area contributed by atoms with Crippen molar-refractivity contribution in [3.63, 3.8) is 0 Å². The van der Waals surface area contributed by atoms with Gasteiger partial charge in [0.2, 0.25) is 0 Å². The molecular weight excluding hydrogens is 1360 g/mol. The Hall–Kier alpha value is -5.09. The molecule has 4 N–H and O–H groups in total. The van der Waals surface area contributed by atoms with E-state index < -0.39 is 91.5 Å². The molecule has 0 rings (SSSR count). The van der Waals surface area contributed by atoms with Gasteiger partial charge in [0.05, 0.1) is 26.4 Å². The van der Waals surface area contributed by atoms with Crippen molar-refractivity contribution in [3.05, 3.63) is 170 Å². The number of phosphoric acid groups is 2. The molecule has 0 aliphatic heterocycles. The fourth-order valence-electron chi connectivity index (χ4n) is 10.3. The highest BCUT2D eigenvalue weighted by atomic mass is 31.2. The van der Waals surface area contributed by atoms with E-state index in [1.165, 1.54) is 83.5 Å². The van der Waals surface area contributed by atoms with Gasteiger partial charge >= 0.3 is 33.6 Å². The second-order valence-electron chi connectivity index (χ2n) is 26.5. The van der Waals surface area contributed by atoms with Crippen LogP contribution in [-0.2, 0) is 55.8 Å². The molecule has 0 fully saturated rings. The maximum absolute atomic E-state index is 13.0. The van der Waals surface area contributed by atoms with Crippen molar-refractivity contribution in [2.75, 3.05) is 39.6 Å². The van der Waals surface area contributed by atoms with E-state index in [1.807, 2.05) is 0 Å². The molecule has 5 unspecified atom stereocenters. The molecule has 0 heterocycles. The first kappa shape index (κ1) is 99.9. The van der Waals surface area contributed by atoms with Gasteiger partial charge < -0.3 is 34.2 Å². The van der Waals surface area contributed by atoms with Crippen molar-refractivity contribution < 1.29 is 75.8 Å².